The van der Waals surface area contributed by atoms with E-state index >= 15 is 0 Å². The number of benzene rings is 1. The molecule has 0 saturated carbocycles. The van der Waals surface area contributed by atoms with Crippen molar-refractivity contribution in [3.8, 4) is 0 Å². The number of anilines is 1. The molecule has 16 heavy (non-hydrogen) atoms. The quantitative estimate of drug-likeness (QED) is 0.834. The highest BCUT2D eigenvalue weighted by atomic mass is 32.2. The first-order valence-electron chi connectivity index (χ1n) is 5.23. The van der Waals surface area contributed by atoms with Crippen LogP contribution >= 0.6 is 0 Å². The van der Waals surface area contributed by atoms with Gasteiger partial charge in [0.25, 0.3) is 0 Å². The molecule has 0 heterocycles. The molecule has 0 saturated heterocycles. The van der Waals surface area contributed by atoms with Crippen molar-refractivity contribution >= 4 is 15.5 Å². The molecule has 0 aromatic heterocycles. The van der Waals surface area contributed by atoms with E-state index in [0.717, 1.165) is 0 Å². The zero-order valence-electron chi connectivity index (χ0n) is 9.24. The molecule has 1 N–H and O–H groups in total. The first-order valence-corrected chi connectivity index (χ1v) is 7.05. The summed E-state index contributed by atoms with van der Waals surface area (Å²) in [5.74, 6) is -0.0451. The lowest BCUT2D eigenvalue weighted by Gasteiger charge is -2.06. The lowest BCUT2D eigenvalue weighted by molar-refractivity contribution is 0.595. The predicted molar refractivity (Wildman–Crippen MR) is 63.8 cm³/mol. The Balaban J connectivity index is 2.42. The molecule has 3 nitrogen and oxygen atoms in total. The van der Waals surface area contributed by atoms with E-state index in [9.17, 15) is 12.8 Å². The van der Waals surface area contributed by atoms with Crippen molar-refractivity contribution in [3.05, 3.63) is 30.1 Å². The number of nitrogens with one attached hydrogen (secondary N) is 1. The van der Waals surface area contributed by atoms with Crippen molar-refractivity contribution in [1.29, 1.82) is 0 Å². The molecule has 0 amide bonds. The van der Waals surface area contributed by atoms with E-state index in [1.807, 2.05) is 6.92 Å². The molecule has 0 unspecified atom stereocenters. The number of halogens is 1. The molecule has 90 valence electrons. The van der Waals surface area contributed by atoms with Gasteiger partial charge in [0.2, 0.25) is 0 Å². The van der Waals surface area contributed by atoms with Gasteiger partial charge < -0.3 is 5.32 Å². The molecular weight excluding hydrogens is 229 g/mol. The molecule has 0 aliphatic heterocycles. The lowest BCUT2D eigenvalue weighted by atomic mass is 10.3. The lowest BCUT2D eigenvalue weighted by Crippen LogP contribution is -2.18. The Bertz CT molecular complexity index is 431. The molecule has 1 aromatic carbocycles. The summed E-state index contributed by atoms with van der Waals surface area (Å²) in [7, 11) is -2.97. The monoisotopic (exact) mass is 245 g/mol. The second-order valence-electron chi connectivity index (χ2n) is 3.59. The van der Waals surface area contributed by atoms with Gasteiger partial charge in [-0.25, -0.2) is 12.8 Å². The van der Waals surface area contributed by atoms with E-state index in [2.05, 4.69) is 5.32 Å². The van der Waals surface area contributed by atoms with Gasteiger partial charge >= 0.3 is 0 Å². The minimum atomic E-state index is -2.97. The topological polar surface area (TPSA) is 46.2 Å². The Morgan fingerprint density at radius 2 is 2.06 bits per heavy atom. The van der Waals surface area contributed by atoms with Crippen molar-refractivity contribution in [2.45, 2.75) is 13.3 Å². The molecule has 0 fully saturated rings. The van der Waals surface area contributed by atoms with Crippen LogP contribution in [0.4, 0.5) is 10.1 Å². The van der Waals surface area contributed by atoms with Crippen LogP contribution in [0.15, 0.2) is 24.3 Å². The van der Waals surface area contributed by atoms with E-state index in [1.54, 1.807) is 12.1 Å². The summed E-state index contributed by atoms with van der Waals surface area (Å²) >= 11 is 0. The predicted octanol–water partition coefficient (Wildman–Crippen LogP) is 2.06. The normalized spacial score (nSPS) is 11.4. The largest absolute Gasteiger partial charge is 0.384 e. The number of rotatable bonds is 6. The summed E-state index contributed by atoms with van der Waals surface area (Å²) in [4.78, 5) is 0. The average molecular weight is 245 g/mol. The standard InChI is InChI=1S/C11H16FNO2S/c1-2-7-16(14,15)8-6-13-11-5-3-4-10(12)9-11/h3-5,9,13H,2,6-8H2,1H3. The van der Waals surface area contributed by atoms with Crippen LogP contribution in [-0.4, -0.2) is 26.5 Å². The first-order chi connectivity index (χ1) is 7.53. The molecule has 0 atom stereocenters. The summed E-state index contributed by atoms with van der Waals surface area (Å²) in [6.45, 7) is 2.14. The van der Waals surface area contributed by atoms with Gasteiger partial charge in [-0.3, -0.25) is 0 Å². The van der Waals surface area contributed by atoms with Crippen molar-refractivity contribution in [1.82, 2.24) is 0 Å². The maximum Gasteiger partial charge on any atom is 0.152 e. The Morgan fingerprint density at radius 3 is 2.69 bits per heavy atom. The third-order valence-electron chi connectivity index (χ3n) is 2.08. The highest BCUT2D eigenvalue weighted by Gasteiger charge is 2.08. The summed E-state index contributed by atoms with van der Waals surface area (Å²) in [6.07, 6.45) is 0.627. The maximum atomic E-state index is 12.8. The highest BCUT2D eigenvalue weighted by molar-refractivity contribution is 7.91. The second kappa shape index (κ2) is 5.84. The second-order valence-corrected chi connectivity index (χ2v) is 5.89. The van der Waals surface area contributed by atoms with Crippen LogP contribution < -0.4 is 5.32 Å². The molecule has 0 radical (unpaired) electrons. The third-order valence-corrected chi connectivity index (χ3v) is 3.94. The van der Waals surface area contributed by atoms with Gasteiger partial charge in [-0.05, 0) is 24.6 Å². The SMILES string of the molecule is CCCS(=O)(=O)CCNc1cccc(F)c1. The van der Waals surface area contributed by atoms with E-state index < -0.39 is 9.84 Å². The fraction of sp³-hybridized carbons (Fsp3) is 0.455. The smallest absolute Gasteiger partial charge is 0.152 e. The third kappa shape index (κ3) is 4.61. The summed E-state index contributed by atoms with van der Waals surface area (Å²) in [5.41, 5.74) is 0.603. The zero-order chi connectivity index (χ0) is 12.0. The summed E-state index contributed by atoms with van der Waals surface area (Å²) in [6, 6.07) is 5.97. The Morgan fingerprint density at radius 1 is 1.31 bits per heavy atom. The van der Waals surface area contributed by atoms with Crippen molar-refractivity contribution in [3.63, 3.8) is 0 Å². The van der Waals surface area contributed by atoms with Crippen molar-refractivity contribution in [2.75, 3.05) is 23.4 Å². The molecule has 0 aliphatic carbocycles. The van der Waals surface area contributed by atoms with Crippen molar-refractivity contribution in [2.24, 2.45) is 0 Å². The van der Waals surface area contributed by atoms with E-state index in [0.29, 0.717) is 18.7 Å². The number of hydrogen-bond donors (Lipinski definition) is 1. The van der Waals surface area contributed by atoms with E-state index in [4.69, 9.17) is 0 Å². The fourth-order valence-corrected chi connectivity index (χ4v) is 2.60. The number of hydrogen-bond acceptors (Lipinski definition) is 3. The molecule has 0 bridgehead atoms. The van der Waals surface area contributed by atoms with Crippen LogP contribution in [-0.2, 0) is 9.84 Å². The van der Waals surface area contributed by atoms with Gasteiger partial charge in [0.1, 0.15) is 5.82 Å². The molecular formula is C11H16FNO2S. The molecule has 5 heteroatoms. The zero-order valence-corrected chi connectivity index (χ0v) is 10.1. The first kappa shape index (κ1) is 13.0. The number of sulfone groups is 1. The van der Waals surface area contributed by atoms with Gasteiger partial charge in [-0.2, -0.15) is 0 Å². The molecule has 1 aromatic rings. The van der Waals surface area contributed by atoms with Crippen LogP contribution in [0.5, 0.6) is 0 Å². The van der Waals surface area contributed by atoms with Crippen LogP contribution in [0, 0.1) is 5.82 Å². The average Bonchev–Trinajstić information content (AvgIpc) is 2.17. The van der Waals surface area contributed by atoms with Gasteiger partial charge in [0.05, 0.1) is 5.75 Å². The van der Waals surface area contributed by atoms with E-state index in [-0.39, 0.29) is 17.3 Å². The minimum absolute atomic E-state index is 0.0807. The Hall–Kier alpha value is -1.10. The fourth-order valence-electron chi connectivity index (χ4n) is 1.36. The summed E-state index contributed by atoms with van der Waals surface area (Å²) in [5, 5.41) is 2.88. The highest BCUT2D eigenvalue weighted by Crippen LogP contribution is 2.08. The van der Waals surface area contributed by atoms with Gasteiger partial charge in [0, 0.05) is 18.0 Å². The molecule has 0 aliphatic rings. The Labute approximate surface area is 95.6 Å². The minimum Gasteiger partial charge on any atom is -0.384 e. The van der Waals surface area contributed by atoms with Crippen LogP contribution in [0.2, 0.25) is 0 Å². The Kier molecular flexibility index (Phi) is 4.73. The summed E-state index contributed by atoms with van der Waals surface area (Å²) < 4.78 is 35.5. The van der Waals surface area contributed by atoms with Gasteiger partial charge in [-0.1, -0.05) is 13.0 Å². The van der Waals surface area contributed by atoms with Gasteiger partial charge in [0.15, 0.2) is 9.84 Å². The van der Waals surface area contributed by atoms with Gasteiger partial charge in [-0.15, -0.1) is 0 Å². The van der Waals surface area contributed by atoms with Crippen LogP contribution in [0.3, 0.4) is 0 Å². The van der Waals surface area contributed by atoms with Crippen LogP contribution in [0.25, 0.3) is 0 Å². The molecule has 1 rings (SSSR count). The van der Waals surface area contributed by atoms with E-state index in [1.165, 1.54) is 12.1 Å². The molecule has 0 spiro atoms. The maximum absolute atomic E-state index is 12.8. The van der Waals surface area contributed by atoms with Crippen molar-refractivity contribution < 1.29 is 12.8 Å². The van der Waals surface area contributed by atoms with Crippen LogP contribution in [0.1, 0.15) is 13.3 Å².